The summed E-state index contributed by atoms with van der Waals surface area (Å²) in [5, 5.41) is 1.49. The second-order valence-electron chi connectivity index (χ2n) is 4.69. The standard InChI is InChI=1S/C13H15ClN2O2S/c1-7-8(2)19-13-11(7)12(14)15-10(16-13)6-18-9-3-4-17-5-9/h9H,3-6H2,1-2H3. The zero-order chi connectivity index (χ0) is 13.4. The number of rotatable bonds is 3. The molecule has 0 radical (unpaired) electrons. The summed E-state index contributed by atoms with van der Waals surface area (Å²) in [6, 6.07) is 0. The Labute approximate surface area is 120 Å². The first-order chi connectivity index (χ1) is 9.15. The highest BCUT2D eigenvalue weighted by atomic mass is 35.5. The maximum atomic E-state index is 6.25. The first-order valence-electron chi connectivity index (χ1n) is 6.26. The number of aromatic nitrogens is 2. The summed E-state index contributed by atoms with van der Waals surface area (Å²) in [7, 11) is 0. The molecule has 1 fully saturated rings. The average molecular weight is 299 g/mol. The van der Waals surface area contributed by atoms with Crippen LogP contribution in [0.1, 0.15) is 22.7 Å². The van der Waals surface area contributed by atoms with Crippen LogP contribution >= 0.6 is 22.9 Å². The van der Waals surface area contributed by atoms with Crippen molar-refractivity contribution < 1.29 is 9.47 Å². The number of ether oxygens (including phenoxy) is 2. The van der Waals surface area contributed by atoms with Gasteiger partial charge in [-0.3, -0.25) is 0 Å². The van der Waals surface area contributed by atoms with Gasteiger partial charge in [-0.05, 0) is 25.8 Å². The Bertz CT molecular complexity index is 608. The van der Waals surface area contributed by atoms with Gasteiger partial charge in [0.1, 0.15) is 16.6 Å². The minimum atomic E-state index is 0.157. The molecule has 0 amide bonds. The quantitative estimate of drug-likeness (QED) is 0.816. The molecule has 1 unspecified atom stereocenters. The third-order valence-electron chi connectivity index (χ3n) is 3.37. The van der Waals surface area contributed by atoms with Crippen molar-refractivity contribution in [3.05, 3.63) is 21.4 Å². The monoisotopic (exact) mass is 298 g/mol. The molecule has 6 heteroatoms. The van der Waals surface area contributed by atoms with E-state index in [-0.39, 0.29) is 6.10 Å². The molecule has 2 aromatic heterocycles. The molecule has 0 N–H and O–H groups in total. The summed E-state index contributed by atoms with van der Waals surface area (Å²) in [5.74, 6) is 0.644. The highest BCUT2D eigenvalue weighted by Crippen LogP contribution is 2.33. The van der Waals surface area contributed by atoms with Crippen molar-refractivity contribution in [2.24, 2.45) is 0 Å². The van der Waals surface area contributed by atoms with Crippen molar-refractivity contribution in [3.63, 3.8) is 0 Å². The van der Waals surface area contributed by atoms with Gasteiger partial charge in [-0.15, -0.1) is 11.3 Å². The lowest BCUT2D eigenvalue weighted by molar-refractivity contribution is 0.0285. The molecule has 0 spiro atoms. The summed E-state index contributed by atoms with van der Waals surface area (Å²) in [5.41, 5.74) is 1.17. The third-order valence-corrected chi connectivity index (χ3v) is 4.74. The maximum Gasteiger partial charge on any atom is 0.157 e. The smallest absolute Gasteiger partial charge is 0.157 e. The Kier molecular flexibility index (Phi) is 3.71. The molecule has 0 aromatic carbocycles. The summed E-state index contributed by atoms with van der Waals surface area (Å²) in [6.07, 6.45) is 1.09. The predicted octanol–water partition coefficient (Wildman–Crippen LogP) is 3.27. The molecule has 0 aliphatic carbocycles. The van der Waals surface area contributed by atoms with Crippen LogP contribution in [0, 0.1) is 13.8 Å². The fraction of sp³-hybridized carbons (Fsp3) is 0.538. The Hall–Kier alpha value is -0.750. The molecule has 4 nitrogen and oxygen atoms in total. The SMILES string of the molecule is Cc1sc2nc(COC3CCOC3)nc(Cl)c2c1C. The van der Waals surface area contributed by atoms with Gasteiger partial charge in [0.05, 0.1) is 18.1 Å². The van der Waals surface area contributed by atoms with Crippen molar-refractivity contribution in [1.82, 2.24) is 9.97 Å². The number of hydrogen-bond acceptors (Lipinski definition) is 5. The van der Waals surface area contributed by atoms with E-state index in [2.05, 4.69) is 23.8 Å². The minimum absolute atomic E-state index is 0.157. The van der Waals surface area contributed by atoms with Crippen LogP contribution in [0.15, 0.2) is 0 Å². The van der Waals surface area contributed by atoms with Crippen LogP contribution in [0.5, 0.6) is 0 Å². The molecule has 0 saturated carbocycles. The van der Waals surface area contributed by atoms with Crippen LogP contribution < -0.4 is 0 Å². The van der Waals surface area contributed by atoms with E-state index in [1.54, 1.807) is 11.3 Å². The van der Waals surface area contributed by atoms with Crippen molar-refractivity contribution in [2.75, 3.05) is 13.2 Å². The zero-order valence-corrected chi connectivity index (χ0v) is 12.5. The predicted molar refractivity (Wildman–Crippen MR) is 75.9 cm³/mol. The van der Waals surface area contributed by atoms with Crippen molar-refractivity contribution >= 4 is 33.2 Å². The maximum absolute atomic E-state index is 6.25. The van der Waals surface area contributed by atoms with E-state index in [4.69, 9.17) is 21.1 Å². The molecule has 3 heterocycles. The normalized spacial score (nSPS) is 19.4. The summed E-state index contributed by atoms with van der Waals surface area (Å²) < 4.78 is 11.0. The van der Waals surface area contributed by atoms with Crippen molar-refractivity contribution in [2.45, 2.75) is 33.0 Å². The molecule has 1 saturated heterocycles. The summed E-state index contributed by atoms with van der Waals surface area (Å²) in [6.45, 7) is 5.95. The molecule has 3 rings (SSSR count). The second-order valence-corrected chi connectivity index (χ2v) is 6.25. The molecular formula is C13H15ClN2O2S. The highest BCUT2D eigenvalue weighted by molar-refractivity contribution is 7.18. The van der Waals surface area contributed by atoms with Crippen molar-refractivity contribution in [3.8, 4) is 0 Å². The van der Waals surface area contributed by atoms with Crippen molar-refractivity contribution in [1.29, 1.82) is 0 Å². The van der Waals surface area contributed by atoms with Gasteiger partial charge in [-0.1, -0.05) is 11.6 Å². The number of fused-ring (bicyclic) bond motifs is 1. The van der Waals surface area contributed by atoms with Gasteiger partial charge in [0, 0.05) is 11.5 Å². The van der Waals surface area contributed by atoms with Gasteiger partial charge in [0.25, 0.3) is 0 Å². The fourth-order valence-electron chi connectivity index (χ4n) is 2.14. The van der Waals surface area contributed by atoms with E-state index in [1.165, 1.54) is 10.4 Å². The molecule has 19 heavy (non-hydrogen) atoms. The Morgan fingerprint density at radius 2 is 2.26 bits per heavy atom. The van der Waals surface area contributed by atoms with Crippen LogP contribution in [0.25, 0.3) is 10.2 Å². The third kappa shape index (κ3) is 2.60. The van der Waals surface area contributed by atoms with E-state index >= 15 is 0 Å². The van der Waals surface area contributed by atoms with Gasteiger partial charge in [0.2, 0.25) is 0 Å². The Morgan fingerprint density at radius 3 is 3.00 bits per heavy atom. The summed E-state index contributed by atoms with van der Waals surface area (Å²) >= 11 is 7.90. The minimum Gasteiger partial charge on any atom is -0.379 e. The number of nitrogens with zero attached hydrogens (tertiary/aromatic N) is 2. The molecule has 1 aliphatic rings. The average Bonchev–Trinajstić information content (AvgIpc) is 2.96. The molecular weight excluding hydrogens is 284 g/mol. The van der Waals surface area contributed by atoms with Gasteiger partial charge in [-0.2, -0.15) is 0 Å². The van der Waals surface area contributed by atoms with E-state index in [9.17, 15) is 0 Å². The van der Waals surface area contributed by atoms with Crippen LogP contribution in [0.4, 0.5) is 0 Å². The highest BCUT2D eigenvalue weighted by Gasteiger charge is 2.18. The van der Waals surface area contributed by atoms with E-state index in [0.717, 1.165) is 23.2 Å². The van der Waals surface area contributed by atoms with Crippen LogP contribution in [0.3, 0.4) is 0 Å². The van der Waals surface area contributed by atoms with E-state index in [0.29, 0.717) is 24.2 Å². The summed E-state index contributed by atoms with van der Waals surface area (Å²) in [4.78, 5) is 11.0. The molecule has 102 valence electrons. The number of thiophene rings is 1. The van der Waals surface area contributed by atoms with Gasteiger partial charge in [-0.25, -0.2) is 9.97 Å². The van der Waals surface area contributed by atoms with Crippen LogP contribution in [-0.4, -0.2) is 29.3 Å². The number of hydrogen-bond donors (Lipinski definition) is 0. The second kappa shape index (κ2) is 5.32. The molecule has 1 atom stereocenters. The van der Waals surface area contributed by atoms with E-state index in [1.807, 2.05) is 0 Å². The van der Waals surface area contributed by atoms with Gasteiger partial charge >= 0.3 is 0 Å². The fourth-order valence-corrected chi connectivity index (χ4v) is 3.58. The largest absolute Gasteiger partial charge is 0.379 e. The first-order valence-corrected chi connectivity index (χ1v) is 7.46. The number of halogens is 1. The molecule has 1 aliphatic heterocycles. The lowest BCUT2D eigenvalue weighted by atomic mass is 10.2. The topological polar surface area (TPSA) is 44.2 Å². The van der Waals surface area contributed by atoms with Gasteiger partial charge in [0.15, 0.2) is 5.82 Å². The van der Waals surface area contributed by atoms with Gasteiger partial charge < -0.3 is 9.47 Å². The molecule has 2 aromatic rings. The Balaban J connectivity index is 1.84. The Morgan fingerprint density at radius 1 is 1.42 bits per heavy atom. The zero-order valence-electron chi connectivity index (χ0n) is 10.9. The lowest BCUT2D eigenvalue weighted by Gasteiger charge is -2.09. The van der Waals surface area contributed by atoms with Crippen LogP contribution in [-0.2, 0) is 16.1 Å². The number of aryl methyl sites for hydroxylation is 2. The molecule has 0 bridgehead atoms. The lowest BCUT2D eigenvalue weighted by Crippen LogP contribution is -2.13. The van der Waals surface area contributed by atoms with E-state index < -0.39 is 0 Å². The van der Waals surface area contributed by atoms with Crippen LogP contribution in [0.2, 0.25) is 5.15 Å². The first kappa shape index (κ1) is 13.2.